The van der Waals surface area contributed by atoms with Crippen molar-refractivity contribution in [1.82, 2.24) is 9.21 Å². The molecule has 0 radical (unpaired) electrons. The van der Waals surface area contributed by atoms with E-state index in [4.69, 9.17) is 5.73 Å². The van der Waals surface area contributed by atoms with Gasteiger partial charge in [-0.25, -0.2) is 8.42 Å². The molecule has 1 aliphatic rings. The van der Waals surface area contributed by atoms with Crippen molar-refractivity contribution in [1.29, 1.82) is 0 Å². The summed E-state index contributed by atoms with van der Waals surface area (Å²) in [5.41, 5.74) is 7.72. The van der Waals surface area contributed by atoms with E-state index in [1.807, 2.05) is 12.1 Å². The van der Waals surface area contributed by atoms with Gasteiger partial charge in [0.2, 0.25) is 10.0 Å². The first-order valence-electron chi connectivity index (χ1n) is 13.5. The van der Waals surface area contributed by atoms with Crippen LogP contribution in [0.5, 0.6) is 0 Å². The van der Waals surface area contributed by atoms with Gasteiger partial charge in [-0.05, 0) is 86.8 Å². The van der Waals surface area contributed by atoms with Gasteiger partial charge in [-0.3, -0.25) is 0 Å². The minimum atomic E-state index is -3.51. The summed E-state index contributed by atoms with van der Waals surface area (Å²) in [7, 11) is -3.51. The van der Waals surface area contributed by atoms with Crippen LogP contribution in [-0.2, 0) is 10.0 Å². The van der Waals surface area contributed by atoms with Gasteiger partial charge in [0, 0.05) is 17.8 Å². The summed E-state index contributed by atoms with van der Waals surface area (Å²) in [6, 6.07) is 5.66. The first-order chi connectivity index (χ1) is 16.4. The molecule has 7 heteroatoms. The molecule has 192 valence electrons. The minimum Gasteiger partial charge on any atom is -0.390 e. The number of nitrogen functional groups attached to an aromatic ring is 1. The van der Waals surface area contributed by atoms with Gasteiger partial charge in [0.25, 0.3) is 0 Å². The largest absolute Gasteiger partial charge is 0.390 e. The second kappa shape index (κ2) is 13.2. The zero-order valence-corrected chi connectivity index (χ0v) is 23.2. The number of thiophene rings is 1. The highest BCUT2D eigenvalue weighted by atomic mass is 32.2. The van der Waals surface area contributed by atoms with Crippen LogP contribution in [0.15, 0.2) is 23.1 Å². The third-order valence-corrected chi connectivity index (χ3v) is 10.1. The SMILES string of the molecule is CCCCCCN1CCC(c2c(N)sc3ccc(S(=O)(=O)N(CCCC)CCCC)cc23)CC1. The molecule has 0 spiro atoms. The number of benzene rings is 1. The molecular formula is C27H45N3O2S2. The van der Waals surface area contributed by atoms with Crippen molar-refractivity contribution < 1.29 is 8.42 Å². The lowest BCUT2D eigenvalue weighted by atomic mass is 9.88. The van der Waals surface area contributed by atoms with Crippen molar-refractivity contribution >= 4 is 36.4 Å². The minimum absolute atomic E-state index is 0.412. The van der Waals surface area contributed by atoms with E-state index in [1.165, 1.54) is 37.8 Å². The second-order valence-electron chi connectivity index (χ2n) is 9.83. The first-order valence-corrected chi connectivity index (χ1v) is 15.7. The van der Waals surface area contributed by atoms with Crippen LogP contribution in [0.25, 0.3) is 10.1 Å². The predicted octanol–water partition coefficient (Wildman–Crippen LogP) is 6.83. The summed E-state index contributed by atoms with van der Waals surface area (Å²) >= 11 is 1.60. The Morgan fingerprint density at radius 1 is 0.971 bits per heavy atom. The fourth-order valence-corrected chi connectivity index (χ4v) is 7.66. The normalized spacial score (nSPS) is 16.1. The third kappa shape index (κ3) is 6.74. The summed E-state index contributed by atoms with van der Waals surface area (Å²) in [6.07, 6.45) is 11.2. The Labute approximate surface area is 211 Å². The molecule has 0 aliphatic carbocycles. The number of nitrogens with two attached hydrogens (primary N) is 1. The van der Waals surface area contributed by atoms with Gasteiger partial charge in [-0.2, -0.15) is 4.31 Å². The van der Waals surface area contributed by atoms with Crippen LogP contribution in [0.3, 0.4) is 0 Å². The molecule has 0 unspecified atom stereocenters. The number of hydrogen-bond donors (Lipinski definition) is 1. The molecular weight excluding hydrogens is 462 g/mol. The van der Waals surface area contributed by atoms with E-state index in [2.05, 4.69) is 25.7 Å². The van der Waals surface area contributed by atoms with Gasteiger partial charge in [0.15, 0.2) is 0 Å². The fourth-order valence-electron chi connectivity index (χ4n) is 5.07. The van der Waals surface area contributed by atoms with E-state index in [1.54, 1.807) is 21.7 Å². The predicted molar refractivity (Wildman–Crippen MR) is 147 cm³/mol. The van der Waals surface area contributed by atoms with Crippen LogP contribution >= 0.6 is 11.3 Å². The number of fused-ring (bicyclic) bond motifs is 1. The first kappa shape index (κ1) is 27.4. The Bertz CT molecular complexity index is 987. The average molecular weight is 508 g/mol. The Kier molecular flexibility index (Phi) is 10.7. The van der Waals surface area contributed by atoms with E-state index in [-0.39, 0.29) is 0 Å². The molecule has 1 fully saturated rings. The number of sulfonamides is 1. The molecule has 2 aromatic rings. The maximum atomic E-state index is 13.6. The van der Waals surface area contributed by atoms with E-state index < -0.39 is 10.0 Å². The number of likely N-dealkylation sites (tertiary alicyclic amines) is 1. The molecule has 2 N–H and O–H groups in total. The lowest BCUT2D eigenvalue weighted by Crippen LogP contribution is -2.34. The van der Waals surface area contributed by atoms with Crippen LogP contribution in [0.2, 0.25) is 0 Å². The number of hydrogen-bond acceptors (Lipinski definition) is 5. The highest BCUT2D eigenvalue weighted by Gasteiger charge is 2.28. The molecule has 1 aliphatic heterocycles. The Morgan fingerprint density at radius 3 is 2.24 bits per heavy atom. The lowest BCUT2D eigenvalue weighted by Gasteiger charge is -2.32. The van der Waals surface area contributed by atoms with E-state index in [9.17, 15) is 8.42 Å². The lowest BCUT2D eigenvalue weighted by molar-refractivity contribution is 0.209. The smallest absolute Gasteiger partial charge is 0.243 e. The summed E-state index contributed by atoms with van der Waals surface area (Å²) in [5, 5.41) is 1.91. The molecule has 3 rings (SSSR count). The molecule has 0 atom stereocenters. The summed E-state index contributed by atoms with van der Waals surface area (Å²) in [4.78, 5) is 3.01. The zero-order valence-electron chi connectivity index (χ0n) is 21.5. The number of unbranched alkanes of at least 4 members (excludes halogenated alkanes) is 5. The standard InChI is InChI=1S/C27H45N3O2S2/c1-4-7-10-11-16-29-19-14-22(15-20-29)26-24-21-23(12-13-25(24)33-27(26)28)34(31,32)30(17-8-5-2)18-9-6-3/h12-13,21-22H,4-11,14-20,28H2,1-3H3. The number of piperidine rings is 1. The summed E-state index contributed by atoms with van der Waals surface area (Å²) in [5.74, 6) is 0.412. The molecule has 0 amide bonds. The molecule has 2 heterocycles. The molecule has 1 aromatic heterocycles. The second-order valence-corrected chi connectivity index (χ2v) is 12.8. The molecule has 34 heavy (non-hydrogen) atoms. The number of anilines is 1. The van der Waals surface area contributed by atoms with Crippen molar-refractivity contribution in [2.45, 2.75) is 95.8 Å². The van der Waals surface area contributed by atoms with Crippen LogP contribution in [0.4, 0.5) is 5.00 Å². The van der Waals surface area contributed by atoms with Crippen molar-refractivity contribution in [3.8, 4) is 0 Å². The number of rotatable bonds is 14. The topological polar surface area (TPSA) is 66.6 Å². The van der Waals surface area contributed by atoms with Gasteiger partial charge in [-0.1, -0.05) is 52.9 Å². The summed E-state index contributed by atoms with van der Waals surface area (Å²) in [6.45, 7) is 11.0. The molecule has 1 aromatic carbocycles. The number of nitrogens with zero attached hydrogens (tertiary/aromatic N) is 2. The zero-order chi connectivity index (χ0) is 24.6. The van der Waals surface area contributed by atoms with Gasteiger partial charge in [0.05, 0.1) is 9.90 Å². The average Bonchev–Trinajstić information content (AvgIpc) is 3.17. The van der Waals surface area contributed by atoms with Gasteiger partial charge in [-0.15, -0.1) is 11.3 Å². The molecule has 0 saturated carbocycles. The van der Waals surface area contributed by atoms with Crippen molar-refractivity contribution in [3.63, 3.8) is 0 Å². The maximum absolute atomic E-state index is 13.6. The highest BCUT2D eigenvalue weighted by molar-refractivity contribution is 7.89. The Morgan fingerprint density at radius 2 is 1.62 bits per heavy atom. The van der Waals surface area contributed by atoms with E-state index in [0.29, 0.717) is 23.9 Å². The van der Waals surface area contributed by atoms with Gasteiger partial charge < -0.3 is 10.6 Å². The van der Waals surface area contributed by atoms with Gasteiger partial charge in [0.1, 0.15) is 0 Å². The molecule has 1 saturated heterocycles. The Balaban J connectivity index is 1.79. The summed E-state index contributed by atoms with van der Waals surface area (Å²) < 4.78 is 29.9. The molecule has 0 bridgehead atoms. The van der Waals surface area contributed by atoms with Crippen molar-refractivity contribution in [2.75, 3.05) is 38.5 Å². The van der Waals surface area contributed by atoms with Gasteiger partial charge >= 0.3 is 0 Å². The third-order valence-electron chi connectivity index (χ3n) is 7.21. The maximum Gasteiger partial charge on any atom is 0.243 e. The highest BCUT2D eigenvalue weighted by Crippen LogP contribution is 2.43. The van der Waals surface area contributed by atoms with Crippen molar-refractivity contribution in [2.24, 2.45) is 0 Å². The van der Waals surface area contributed by atoms with Crippen LogP contribution in [0, 0.1) is 0 Å². The fraction of sp³-hybridized carbons (Fsp3) is 0.704. The van der Waals surface area contributed by atoms with Crippen LogP contribution in [0.1, 0.15) is 96.5 Å². The van der Waals surface area contributed by atoms with Crippen molar-refractivity contribution in [3.05, 3.63) is 23.8 Å². The van der Waals surface area contributed by atoms with Crippen LogP contribution in [-0.4, -0.2) is 50.3 Å². The molecule has 5 nitrogen and oxygen atoms in total. The monoisotopic (exact) mass is 507 g/mol. The van der Waals surface area contributed by atoms with Crippen LogP contribution < -0.4 is 5.73 Å². The van der Waals surface area contributed by atoms with E-state index >= 15 is 0 Å². The van der Waals surface area contributed by atoms with E-state index in [0.717, 1.165) is 66.7 Å². The Hall–Kier alpha value is -1.15. The quantitative estimate of drug-likeness (QED) is 0.284.